The largest absolute Gasteiger partial charge is 0.407 e. The van der Waals surface area contributed by atoms with E-state index in [0.717, 1.165) is 12.5 Å². The van der Waals surface area contributed by atoms with Gasteiger partial charge in [-0.15, -0.1) is 0 Å². The molecule has 0 bridgehead atoms. The minimum Gasteiger partial charge on any atom is -0.407 e. The first-order valence-electron chi connectivity index (χ1n) is 10.8. The van der Waals surface area contributed by atoms with E-state index in [-0.39, 0.29) is 0 Å². The van der Waals surface area contributed by atoms with Gasteiger partial charge in [0.25, 0.3) is 0 Å². The van der Waals surface area contributed by atoms with E-state index >= 15 is 0 Å². The predicted octanol–water partition coefficient (Wildman–Crippen LogP) is 2.93. The summed E-state index contributed by atoms with van der Waals surface area (Å²) in [6.07, 6.45) is 7.03. The van der Waals surface area contributed by atoms with Crippen molar-refractivity contribution in [2.24, 2.45) is 0 Å². The predicted molar refractivity (Wildman–Crippen MR) is 109 cm³/mol. The van der Waals surface area contributed by atoms with Crippen molar-refractivity contribution in [2.45, 2.75) is 121 Å². The quantitative estimate of drug-likeness (QED) is 0.261. The summed E-state index contributed by atoms with van der Waals surface area (Å²) in [5.74, 6) is 0. The third kappa shape index (κ3) is 9.34. The SMILES string of the molecule is CCCCCCCCCCCC[Si](C)(C)O[C@@H]1[C@@H](O)[C@H](O)[C@@H](CO)O[C@@H]1O. The highest BCUT2D eigenvalue weighted by Crippen LogP contribution is 2.27. The second-order valence-electron chi connectivity index (χ2n) is 8.50. The molecule has 0 spiro atoms. The minimum atomic E-state index is -2.10. The van der Waals surface area contributed by atoms with Gasteiger partial charge < -0.3 is 29.6 Å². The molecule has 0 radical (unpaired) electrons. The molecule has 1 aliphatic heterocycles. The summed E-state index contributed by atoms with van der Waals surface area (Å²) in [4.78, 5) is 0. The smallest absolute Gasteiger partial charge is 0.187 e. The van der Waals surface area contributed by atoms with E-state index in [1.54, 1.807) is 0 Å². The van der Waals surface area contributed by atoms with E-state index < -0.39 is 45.6 Å². The van der Waals surface area contributed by atoms with Crippen LogP contribution in [0.25, 0.3) is 0 Å². The third-order valence-electron chi connectivity index (χ3n) is 5.43. The van der Waals surface area contributed by atoms with E-state index in [1.807, 2.05) is 0 Å². The Morgan fingerprint density at radius 1 is 0.815 bits per heavy atom. The molecule has 7 heteroatoms. The summed E-state index contributed by atoms with van der Waals surface area (Å²) in [5, 5.41) is 39.4. The van der Waals surface area contributed by atoms with Crippen LogP contribution in [0.2, 0.25) is 19.1 Å². The molecule has 0 saturated carbocycles. The van der Waals surface area contributed by atoms with Gasteiger partial charge in [-0.05, 0) is 19.1 Å². The van der Waals surface area contributed by atoms with Gasteiger partial charge in [0.05, 0.1) is 6.61 Å². The Kier molecular flexibility index (Phi) is 12.3. The highest BCUT2D eigenvalue weighted by Gasteiger charge is 2.46. The molecule has 5 atom stereocenters. The Morgan fingerprint density at radius 3 is 1.85 bits per heavy atom. The van der Waals surface area contributed by atoms with Crippen LogP contribution in [0.4, 0.5) is 0 Å². The van der Waals surface area contributed by atoms with Crippen LogP contribution in [-0.4, -0.2) is 66.1 Å². The molecule has 1 rings (SSSR count). The third-order valence-corrected chi connectivity index (χ3v) is 7.90. The molecule has 0 aromatic heterocycles. The molecular formula is C20H42O6Si. The summed E-state index contributed by atoms with van der Waals surface area (Å²) >= 11 is 0. The van der Waals surface area contributed by atoms with E-state index in [9.17, 15) is 15.3 Å². The van der Waals surface area contributed by atoms with Crippen LogP contribution in [0.15, 0.2) is 0 Å². The van der Waals surface area contributed by atoms with Crippen molar-refractivity contribution in [1.29, 1.82) is 0 Å². The van der Waals surface area contributed by atoms with Crippen LogP contribution in [0.3, 0.4) is 0 Å². The number of ether oxygens (including phenoxy) is 1. The Bertz CT molecular complexity index is 381. The van der Waals surface area contributed by atoms with E-state index in [4.69, 9.17) is 14.3 Å². The first-order chi connectivity index (χ1) is 12.8. The molecule has 27 heavy (non-hydrogen) atoms. The van der Waals surface area contributed by atoms with Gasteiger partial charge in [0.2, 0.25) is 0 Å². The number of hydrogen-bond donors (Lipinski definition) is 4. The van der Waals surface area contributed by atoms with Crippen LogP contribution in [0.1, 0.15) is 71.1 Å². The van der Waals surface area contributed by atoms with E-state index in [2.05, 4.69) is 20.0 Å². The van der Waals surface area contributed by atoms with Crippen molar-refractivity contribution in [3.05, 3.63) is 0 Å². The molecule has 1 aliphatic rings. The van der Waals surface area contributed by atoms with Crippen molar-refractivity contribution >= 4 is 8.32 Å². The number of aliphatic hydroxyl groups excluding tert-OH is 4. The summed E-state index contributed by atoms with van der Waals surface area (Å²) < 4.78 is 11.2. The lowest BCUT2D eigenvalue weighted by Crippen LogP contribution is -2.61. The number of aliphatic hydroxyl groups is 4. The first kappa shape index (κ1) is 25.0. The fraction of sp³-hybridized carbons (Fsp3) is 1.00. The molecule has 0 aliphatic carbocycles. The molecule has 0 unspecified atom stereocenters. The Labute approximate surface area is 166 Å². The molecule has 0 aromatic rings. The van der Waals surface area contributed by atoms with Crippen LogP contribution in [0.5, 0.6) is 0 Å². The first-order valence-corrected chi connectivity index (χ1v) is 13.9. The maximum absolute atomic E-state index is 10.2. The molecule has 162 valence electrons. The van der Waals surface area contributed by atoms with Crippen molar-refractivity contribution in [3.63, 3.8) is 0 Å². The van der Waals surface area contributed by atoms with Crippen LogP contribution < -0.4 is 0 Å². The van der Waals surface area contributed by atoms with Gasteiger partial charge in [0, 0.05) is 0 Å². The Morgan fingerprint density at radius 2 is 1.33 bits per heavy atom. The molecule has 4 N–H and O–H groups in total. The van der Waals surface area contributed by atoms with Gasteiger partial charge in [-0.1, -0.05) is 71.1 Å². The summed E-state index contributed by atoms with van der Waals surface area (Å²) in [5.41, 5.74) is 0. The van der Waals surface area contributed by atoms with Gasteiger partial charge in [-0.25, -0.2) is 0 Å². The molecule has 0 amide bonds. The van der Waals surface area contributed by atoms with Crippen molar-refractivity contribution in [3.8, 4) is 0 Å². The zero-order valence-corrected chi connectivity index (χ0v) is 18.5. The van der Waals surface area contributed by atoms with Crippen LogP contribution >= 0.6 is 0 Å². The lowest BCUT2D eigenvalue weighted by atomic mass is 9.99. The Balaban J connectivity index is 2.21. The van der Waals surface area contributed by atoms with E-state index in [0.29, 0.717) is 0 Å². The minimum absolute atomic E-state index is 0.457. The van der Waals surface area contributed by atoms with Gasteiger partial charge in [0.1, 0.15) is 24.4 Å². The van der Waals surface area contributed by atoms with Crippen LogP contribution in [0, 0.1) is 0 Å². The molecule has 1 heterocycles. The molecule has 1 fully saturated rings. The van der Waals surface area contributed by atoms with Gasteiger partial charge in [-0.2, -0.15) is 0 Å². The zero-order chi connectivity index (χ0) is 20.3. The van der Waals surface area contributed by atoms with Crippen molar-refractivity contribution in [2.75, 3.05) is 6.61 Å². The molecule has 0 aromatic carbocycles. The summed E-state index contributed by atoms with van der Waals surface area (Å²) in [7, 11) is -2.10. The fourth-order valence-electron chi connectivity index (χ4n) is 3.66. The second kappa shape index (κ2) is 13.2. The fourth-order valence-corrected chi connectivity index (χ4v) is 5.88. The normalized spacial score (nSPS) is 29.2. The molecular weight excluding hydrogens is 364 g/mol. The van der Waals surface area contributed by atoms with Gasteiger partial charge >= 0.3 is 0 Å². The Hall–Kier alpha value is -0.0231. The average Bonchev–Trinajstić information content (AvgIpc) is 2.63. The highest BCUT2D eigenvalue weighted by molar-refractivity contribution is 6.71. The highest BCUT2D eigenvalue weighted by atomic mass is 28.4. The zero-order valence-electron chi connectivity index (χ0n) is 17.5. The summed E-state index contributed by atoms with van der Waals surface area (Å²) in [6, 6.07) is 0.943. The molecule has 1 saturated heterocycles. The van der Waals surface area contributed by atoms with Crippen LogP contribution in [-0.2, 0) is 9.16 Å². The van der Waals surface area contributed by atoms with Crippen molar-refractivity contribution < 1.29 is 29.6 Å². The monoisotopic (exact) mass is 406 g/mol. The average molecular weight is 407 g/mol. The number of rotatable bonds is 14. The van der Waals surface area contributed by atoms with Gasteiger partial charge in [0.15, 0.2) is 14.6 Å². The lowest BCUT2D eigenvalue weighted by molar-refractivity contribution is -0.282. The van der Waals surface area contributed by atoms with E-state index in [1.165, 1.54) is 57.8 Å². The maximum atomic E-state index is 10.2. The lowest BCUT2D eigenvalue weighted by Gasteiger charge is -2.42. The second-order valence-corrected chi connectivity index (χ2v) is 12.8. The van der Waals surface area contributed by atoms with Crippen molar-refractivity contribution in [1.82, 2.24) is 0 Å². The van der Waals surface area contributed by atoms with Gasteiger partial charge in [-0.3, -0.25) is 0 Å². The standard InChI is InChI=1S/C20H42O6Si/c1-4-5-6-7-8-9-10-11-12-13-14-27(2,3)26-19-18(23)17(22)16(15-21)25-20(19)24/h16-24H,4-15H2,1-3H3/t16-,17-,18+,19-,20+/m1/s1. The number of hydrogen-bond acceptors (Lipinski definition) is 6. The topological polar surface area (TPSA) is 99.4 Å². The summed E-state index contributed by atoms with van der Waals surface area (Å²) in [6.45, 7) is 5.90. The number of unbranched alkanes of at least 4 members (excludes halogenated alkanes) is 9. The molecule has 6 nitrogen and oxygen atoms in total. The maximum Gasteiger partial charge on any atom is 0.187 e.